The van der Waals surface area contributed by atoms with Crippen molar-refractivity contribution in [2.45, 2.75) is 45.2 Å². The van der Waals surface area contributed by atoms with Crippen LogP contribution in [0.2, 0.25) is 0 Å². The number of methoxy groups -OCH3 is 1. The molecule has 5 heteroatoms. The van der Waals surface area contributed by atoms with Gasteiger partial charge < -0.3 is 10.1 Å². The Kier molecular flexibility index (Phi) is 6.29. The first-order valence-corrected chi connectivity index (χ1v) is 6.60. The Morgan fingerprint density at radius 3 is 2.78 bits per heavy atom. The summed E-state index contributed by atoms with van der Waals surface area (Å²) in [6.45, 7) is 5.32. The van der Waals surface area contributed by atoms with Crippen LogP contribution in [0.5, 0.6) is 0 Å². The molecule has 18 heavy (non-hydrogen) atoms. The molecule has 1 aliphatic rings. The van der Waals surface area contributed by atoms with Crippen LogP contribution in [0, 0.1) is 0 Å². The summed E-state index contributed by atoms with van der Waals surface area (Å²) in [7, 11) is 1.60. The molecular formula is C13H24N2O3. The molecule has 0 radical (unpaired) electrons. The SMILES string of the molecule is COCCNC(=O)C(C)N1CCCCC1C(C)=O. The van der Waals surface area contributed by atoms with Crippen LogP contribution < -0.4 is 5.32 Å². The molecule has 0 aromatic carbocycles. The monoisotopic (exact) mass is 256 g/mol. The van der Waals surface area contributed by atoms with E-state index in [1.165, 1.54) is 0 Å². The molecule has 2 atom stereocenters. The van der Waals surface area contributed by atoms with E-state index in [0.29, 0.717) is 13.2 Å². The van der Waals surface area contributed by atoms with Gasteiger partial charge in [0.15, 0.2) is 0 Å². The predicted octanol–water partition coefficient (Wildman–Crippen LogP) is 0.581. The summed E-state index contributed by atoms with van der Waals surface area (Å²) in [5.74, 6) is 0.131. The van der Waals surface area contributed by atoms with Gasteiger partial charge in [0, 0.05) is 13.7 Å². The van der Waals surface area contributed by atoms with E-state index in [1.807, 2.05) is 11.8 Å². The number of amides is 1. The molecule has 0 spiro atoms. The van der Waals surface area contributed by atoms with Gasteiger partial charge in [-0.1, -0.05) is 6.42 Å². The van der Waals surface area contributed by atoms with Crippen molar-refractivity contribution in [2.24, 2.45) is 0 Å². The highest BCUT2D eigenvalue weighted by molar-refractivity contribution is 5.85. The third-order valence-electron chi connectivity index (χ3n) is 3.50. The van der Waals surface area contributed by atoms with Crippen molar-refractivity contribution in [1.82, 2.24) is 10.2 Å². The topological polar surface area (TPSA) is 58.6 Å². The molecule has 1 N–H and O–H groups in total. The minimum atomic E-state index is -0.254. The molecule has 0 bridgehead atoms. The largest absolute Gasteiger partial charge is 0.383 e. The fourth-order valence-electron chi connectivity index (χ4n) is 2.43. The fraction of sp³-hybridized carbons (Fsp3) is 0.846. The van der Waals surface area contributed by atoms with Gasteiger partial charge in [0.1, 0.15) is 5.78 Å². The van der Waals surface area contributed by atoms with Gasteiger partial charge in [-0.05, 0) is 33.2 Å². The molecule has 0 aromatic rings. The Bertz CT molecular complexity index is 294. The van der Waals surface area contributed by atoms with Crippen molar-refractivity contribution in [2.75, 3.05) is 26.8 Å². The van der Waals surface area contributed by atoms with Crippen molar-refractivity contribution >= 4 is 11.7 Å². The van der Waals surface area contributed by atoms with Crippen molar-refractivity contribution in [3.8, 4) is 0 Å². The highest BCUT2D eigenvalue weighted by Gasteiger charge is 2.32. The summed E-state index contributed by atoms with van der Waals surface area (Å²) in [6, 6.07) is -0.349. The lowest BCUT2D eigenvalue weighted by Gasteiger charge is -2.37. The number of carbonyl (C=O) groups is 2. The van der Waals surface area contributed by atoms with E-state index < -0.39 is 0 Å². The number of nitrogens with one attached hydrogen (secondary N) is 1. The normalized spacial score (nSPS) is 22.5. The zero-order valence-electron chi connectivity index (χ0n) is 11.6. The second kappa shape index (κ2) is 7.48. The highest BCUT2D eigenvalue weighted by atomic mass is 16.5. The number of carbonyl (C=O) groups excluding carboxylic acids is 2. The van der Waals surface area contributed by atoms with E-state index in [9.17, 15) is 9.59 Å². The van der Waals surface area contributed by atoms with Gasteiger partial charge in [-0.2, -0.15) is 0 Å². The zero-order valence-corrected chi connectivity index (χ0v) is 11.6. The van der Waals surface area contributed by atoms with Gasteiger partial charge >= 0.3 is 0 Å². The second-order valence-electron chi connectivity index (χ2n) is 4.82. The number of ether oxygens (including phenoxy) is 1. The molecule has 1 rings (SSSR count). The molecule has 104 valence electrons. The molecular weight excluding hydrogens is 232 g/mol. The quantitative estimate of drug-likeness (QED) is 0.706. The van der Waals surface area contributed by atoms with Crippen molar-refractivity contribution in [3.63, 3.8) is 0 Å². The molecule has 0 aromatic heterocycles. The summed E-state index contributed by atoms with van der Waals surface area (Å²) in [5, 5.41) is 2.82. The maximum absolute atomic E-state index is 12.0. The van der Waals surface area contributed by atoms with Gasteiger partial charge in [0.25, 0.3) is 0 Å². The number of hydrogen-bond donors (Lipinski definition) is 1. The molecule has 0 saturated carbocycles. The van der Waals surface area contributed by atoms with Crippen LogP contribution in [-0.4, -0.2) is 55.5 Å². The second-order valence-corrected chi connectivity index (χ2v) is 4.82. The smallest absolute Gasteiger partial charge is 0.237 e. The van der Waals surface area contributed by atoms with E-state index in [0.717, 1.165) is 25.8 Å². The Balaban J connectivity index is 2.54. The van der Waals surface area contributed by atoms with Gasteiger partial charge in [0.2, 0.25) is 5.91 Å². The minimum Gasteiger partial charge on any atom is -0.383 e. The van der Waals surface area contributed by atoms with Crippen molar-refractivity contribution in [1.29, 1.82) is 0 Å². The van der Waals surface area contributed by atoms with E-state index in [-0.39, 0.29) is 23.8 Å². The lowest BCUT2D eigenvalue weighted by Crippen LogP contribution is -2.54. The zero-order chi connectivity index (χ0) is 13.5. The Morgan fingerprint density at radius 1 is 1.44 bits per heavy atom. The summed E-state index contributed by atoms with van der Waals surface area (Å²) in [6.07, 6.45) is 2.99. The Hall–Kier alpha value is -0.940. The number of ketones is 1. The first-order chi connectivity index (χ1) is 8.57. The van der Waals surface area contributed by atoms with Crippen LogP contribution >= 0.6 is 0 Å². The van der Waals surface area contributed by atoms with Crippen molar-refractivity contribution in [3.05, 3.63) is 0 Å². The van der Waals surface area contributed by atoms with Crippen LogP contribution in [0.25, 0.3) is 0 Å². The summed E-state index contributed by atoms with van der Waals surface area (Å²) in [4.78, 5) is 25.6. The Labute approximate surface area is 109 Å². The molecule has 1 fully saturated rings. The first-order valence-electron chi connectivity index (χ1n) is 6.60. The van der Waals surface area contributed by atoms with Crippen LogP contribution in [-0.2, 0) is 14.3 Å². The fourth-order valence-corrected chi connectivity index (χ4v) is 2.43. The maximum Gasteiger partial charge on any atom is 0.237 e. The molecule has 1 heterocycles. The molecule has 2 unspecified atom stereocenters. The molecule has 0 aliphatic carbocycles. The maximum atomic E-state index is 12.0. The van der Waals surface area contributed by atoms with Crippen LogP contribution in [0.15, 0.2) is 0 Å². The average molecular weight is 256 g/mol. The lowest BCUT2D eigenvalue weighted by atomic mass is 9.97. The highest BCUT2D eigenvalue weighted by Crippen LogP contribution is 2.20. The third kappa shape index (κ3) is 4.07. The number of Topliss-reactive ketones (excluding diaryl/α,β-unsaturated/α-hetero) is 1. The third-order valence-corrected chi connectivity index (χ3v) is 3.50. The number of hydrogen-bond acceptors (Lipinski definition) is 4. The van der Waals surface area contributed by atoms with E-state index in [2.05, 4.69) is 5.32 Å². The minimum absolute atomic E-state index is 0.0276. The van der Waals surface area contributed by atoms with E-state index in [4.69, 9.17) is 4.74 Å². The van der Waals surface area contributed by atoms with Gasteiger partial charge in [-0.15, -0.1) is 0 Å². The number of nitrogens with zero attached hydrogens (tertiary/aromatic N) is 1. The Morgan fingerprint density at radius 2 is 2.17 bits per heavy atom. The molecule has 1 aliphatic heterocycles. The van der Waals surface area contributed by atoms with E-state index >= 15 is 0 Å². The van der Waals surface area contributed by atoms with Crippen LogP contribution in [0.4, 0.5) is 0 Å². The van der Waals surface area contributed by atoms with E-state index in [1.54, 1.807) is 14.0 Å². The van der Waals surface area contributed by atoms with Gasteiger partial charge in [-0.3, -0.25) is 14.5 Å². The standard InChI is InChI=1S/C13H24N2O3/c1-10(13(17)14-7-9-18-3)15-8-5-4-6-12(15)11(2)16/h10,12H,4-9H2,1-3H3,(H,14,17). The van der Waals surface area contributed by atoms with Crippen LogP contribution in [0.3, 0.4) is 0 Å². The summed E-state index contributed by atoms with van der Waals surface area (Å²) in [5.41, 5.74) is 0. The van der Waals surface area contributed by atoms with Gasteiger partial charge in [-0.25, -0.2) is 0 Å². The molecule has 1 amide bonds. The van der Waals surface area contributed by atoms with Gasteiger partial charge in [0.05, 0.1) is 18.7 Å². The molecule has 5 nitrogen and oxygen atoms in total. The molecule has 1 saturated heterocycles. The number of rotatable bonds is 6. The van der Waals surface area contributed by atoms with Crippen molar-refractivity contribution < 1.29 is 14.3 Å². The predicted molar refractivity (Wildman–Crippen MR) is 69.4 cm³/mol. The van der Waals surface area contributed by atoms with Crippen LogP contribution in [0.1, 0.15) is 33.1 Å². The lowest BCUT2D eigenvalue weighted by molar-refractivity contribution is -0.131. The summed E-state index contributed by atoms with van der Waals surface area (Å²) >= 11 is 0. The summed E-state index contributed by atoms with van der Waals surface area (Å²) < 4.78 is 4.89. The first kappa shape index (κ1) is 15.1. The number of likely N-dealkylation sites (tertiary alicyclic amines) is 1. The average Bonchev–Trinajstić information content (AvgIpc) is 2.38. The number of piperidine rings is 1.